The van der Waals surface area contributed by atoms with E-state index in [1.165, 1.54) is 18.1 Å². The molecule has 0 aromatic carbocycles. The lowest BCUT2D eigenvalue weighted by atomic mass is 10.3. The number of hydrogen-bond acceptors (Lipinski definition) is 8. The molecule has 0 aliphatic heterocycles. The largest absolute Gasteiger partial charge is 0.468 e. The van der Waals surface area contributed by atoms with Crippen molar-refractivity contribution < 1.29 is 9.53 Å². The van der Waals surface area contributed by atoms with Crippen LogP contribution in [0.25, 0.3) is 11.0 Å². The molecule has 0 fully saturated rings. The van der Waals surface area contributed by atoms with E-state index in [0.29, 0.717) is 18.0 Å². The molecule has 0 bridgehead atoms. The molecule has 0 saturated carbocycles. The number of carbonyl (C=O) groups is 1. The number of esters is 1. The van der Waals surface area contributed by atoms with E-state index in [2.05, 4.69) is 29.8 Å². The molecule has 9 nitrogen and oxygen atoms in total. The van der Waals surface area contributed by atoms with Crippen molar-refractivity contribution in [3.8, 4) is 0 Å². The van der Waals surface area contributed by atoms with Gasteiger partial charge in [-0.05, 0) is 0 Å². The molecular formula is C14H15N7O2. The maximum Gasteiger partial charge on any atom is 0.327 e. The number of ether oxygens (including phenoxy) is 1. The topological polar surface area (TPSA) is 98.9 Å². The normalized spacial score (nSPS) is 10.7. The van der Waals surface area contributed by atoms with Crippen LogP contribution in [0.1, 0.15) is 5.69 Å². The molecule has 0 aliphatic carbocycles. The second-order valence-corrected chi connectivity index (χ2v) is 4.87. The molecule has 3 heterocycles. The summed E-state index contributed by atoms with van der Waals surface area (Å²) in [6, 6.07) is 0. The molecule has 0 radical (unpaired) electrons. The molecule has 0 atom stereocenters. The third-order valence-electron chi connectivity index (χ3n) is 3.30. The summed E-state index contributed by atoms with van der Waals surface area (Å²) in [5.74, 6) is 0.319. The van der Waals surface area contributed by atoms with E-state index < -0.39 is 0 Å². The summed E-state index contributed by atoms with van der Waals surface area (Å²) in [5, 5.41) is 4.94. The molecule has 3 aromatic rings. The maximum atomic E-state index is 11.4. The number of anilines is 1. The Labute approximate surface area is 132 Å². The van der Waals surface area contributed by atoms with Crippen LogP contribution >= 0.6 is 0 Å². The first kappa shape index (κ1) is 14.8. The minimum absolute atomic E-state index is 0.00429. The van der Waals surface area contributed by atoms with Crippen molar-refractivity contribution in [1.82, 2.24) is 29.7 Å². The highest BCUT2D eigenvalue weighted by molar-refractivity contribution is 5.87. The molecular weight excluding hydrogens is 298 g/mol. The molecule has 0 saturated heterocycles. The monoisotopic (exact) mass is 313 g/mol. The smallest absolute Gasteiger partial charge is 0.327 e. The van der Waals surface area contributed by atoms with Gasteiger partial charge in [0.2, 0.25) is 0 Å². The van der Waals surface area contributed by atoms with Crippen molar-refractivity contribution in [2.45, 2.75) is 13.1 Å². The summed E-state index contributed by atoms with van der Waals surface area (Å²) < 4.78 is 6.15. The SMILES string of the molecule is COC(=O)Cn1ncc2c(N(C)Cc3cnccn3)ncnc21. The van der Waals surface area contributed by atoms with Crippen molar-refractivity contribution in [1.29, 1.82) is 0 Å². The van der Waals surface area contributed by atoms with Crippen LogP contribution in [0.5, 0.6) is 0 Å². The zero-order valence-corrected chi connectivity index (χ0v) is 12.7. The van der Waals surface area contributed by atoms with E-state index in [0.717, 1.165) is 11.1 Å². The molecule has 3 rings (SSSR count). The van der Waals surface area contributed by atoms with Gasteiger partial charge in [-0.2, -0.15) is 5.10 Å². The minimum Gasteiger partial charge on any atom is -0.468 e. The molecule has 3 aromatic heterocycles. The van der Waals surface area contributed by atoms with Crippen LogP contribution in [-0.2, 0) is 22.6 Å². The molecule has 0 N–H and O–H groups in total. The zero-order chi connectivity index (χ0) is 16.2. The van der Waals surface area contributed by atoms with E-state index >= 15 is 0 Å². The van der Waals surface area contributed by atoms with Crippen LogP contribution < -0.4 is 4.90 Å². The van der Waals surface area contributed by atoms with Crippen LogP contribution in [0.4, 0.5) is 5.82 Å². The van der Waals surface area contributed by atoms with Crippen LogP contribution in [0.2, 0.25) is 0 Å². The van der Waals surface area contributed by atoms with E-state index in [4.69, 9.17) is 0 Å². The third-order valence-corrected chi connectivity index (χ3v) is 3.30. The van der Waals surface area contributed by atoms with E-state index in [1.807, 2.05) is 11.9 Å². The number of carbonyl (C=O) groups excluding carboxylic acids is 1. The fourth-order valence-corrected chi connectivity index (χ4v) is 2.22. The van der Waals surface area contributed by atoms with Gasteiger partial charge in [0, 0.05) is 19.4 Å². The number of nitrogens with zero attached hydrogens (tertiary/aromatic N) is 7. The van der Waals surface area contributed by atoms with Crippen molar-refractivity contribution >= 4 is 22.8 Å². The number of aromatic nitrogens is 6. The first-order valence-electron chi connectivity index (χ1n) is 6.88. The Kier molecular flexibility index (Phi) is 4.09. The van der Waals surface area contributed by atoms with Gasteiger partial charge in [0.1, 0.15) is 18.7 Å². The summed E-state index contributed by atoms with van der Waals surface area (Å²) in [6.07, 6.45) is 8.06. The van der Waals surface area contributed by atoms with Gasteiger partial charge >= 0.3 is 5.97 Å². The predicted octanol–water partition coefficient (Wildman–Crippen LogP) is 0.426. The van der Waals surface area contributed by atoms with Crippen molar-refractivity contribution in [3.05, 3.63) is 36.8 Å². The van der Waals surface area contributed by atoms with Gasteiger partial charge in [-0.25, -0.2) is 14.6 Å². The lowest BCUT2D eigenvalue weighted by Gasteiger charge is -2.17. The van der Waals surface area contributed by atoms with E-state index in [9.17, 15) is 4.79 Å². The second-order valence-electron chi connectivity index (χ2n) is 4.87. The van der Waals surface area contributed by atoms with E-state index in [1.54, 1.807) is 24.8 Å². The summed E-state index contributed by atoms with van der Waals surface area (Å²) in [5.41, 5.74) is 1.40. The molecule has 0 amide bonds. The highest BCUT2D eigenvalue weighted by atomic mass is 16.5. The Morgan fingerprint density at radius 3 is 2.87 bits per heavy atom. The second kappa shape index (κ2) is 6.34. The van der Waals surface area contributed by atoms with Crippen LogP contribution in [-0.4, -0.2) is 49.8 Å². The van der Waals surface area contributed by atoms with Crippen LogP contribution in [0.3, 0.4) is 0 Å². The molecule has 0 aliphatic rings. The molecule has 118 valence electrons. The Morgan fingerprint density at radius 1 is 1.26 bits per heavy atom. The average Bonchev–Trinajstić information content (AvgIpc) is 2.98. The Hall–Kier alpha value is -3.10. The Balaban J connectivity index is 1.90. The number of methoxy groups -OCH3 is 1. The third kappa shape index (κ3) is 3.07. The van der Waals surface area contributed by atoms with Gasteiger partial charge < -0.3 is 9.64 Å². The van der Waals surface area contributed by atoms with Gasteiger partial charge in [0.15, 0.2) is 5.65 Å². The quantitative estimate of drug-likeness (QED) is 0.625. The standard InChI is InChI=1S/C14H15N7O2/c1-20(7-10-5-15-3-4-16-10)13-11-6-19-21(8-12(22)23-2)14(11)18-9-17-13/h3-6,9H,7-8H2,1-2H3. The van der Waals surface area contributed by atoms with Crippen molar-refractivity contribution in [2.75, 3.05) is 19.1 Å². The van der Waals surface area contributed by atoms with E-state index in [-0.39, 0.29) is 12.5 Å². The molecule has 9 heteroatoms. The fraction of sp³-hybridized carbons (Fsp3) is 0.286. The van der Waals surface area contributed by atoms with Crippen LogP contribution in [0.15, 0.2) is 31.1 Å². The fourth-order valence-electron chi connectivity index (χ4n) is 2.22. The summed E-state index contributed by atoms with van der Waals surface area (Å²) >= 11 is 0. The number of hydrogen-bond donors (Lipinski definition) is 0. The average molecular weight is 313 g/mol. The first-order chi connectivity index (χ1) is 11.2. The molecule has 23 heavy (non-hydrogen) atoms. The first-order valence-corrected chi connectivity index (χ1v) is 6.88. The Morgan fingerprint density at radius 2 is 2.13 bits per heavy atom. The zero-order valence-electron chi connectivity index (χ0n) is 12.7. The highest BCUT2D eigenvalue weighted by Crippen LogP contribution is 2.22. The predicted molar refractivity (Wildman–Crippen MR) is 81.5 cm³/mol. The van der Waals surface area contributed by atoms with Gasteiger partial charge in [-0.1, -0.05) is 0 Å². The van der Waals surface area contributed by atoms with Crippen molar-refractivity contribution in [3.63, 3.8) is 0 Å². The van der Waals surface area contributed by atoms with Crippen molar-refractivity contribution in [2.24, 2.45) is 0 Å². The summed E-state index contributed by atoms with van der Waals surface area (Å²) in [4.78, 5) is 30.2. The van der Waals surface area contributed by atoms with Gasteiger partial charge in [0.05, 0.1) is 37.1 Å². The Bertz CT molecular complexity index is 818. The van der Waals surface area contributed by atoms with Gasteiger partial charge in [-0.15, -0.1) is 0 Å². The maximum absolute atomic E-state index is 11.4. The molecule has 0 unspecified atom stereocenters. The number of fused-ring (bicyclic) bond motifs is 1. The van der Waals surface area contributed by atoms with Gasteiger partial charge in [-0.3, -0.25) is 14.8 Å². The van der Waals surface area contributed by atoms with Gasteiger partial charge in [0.25, 0.3) is 0 Å². The van der Waals surface area contributed by atoms with Crippen LogP contribution in [0, 0.1) is 0 Å². The highest BCUT2D eigenvalue weighted by Gasteiger charge is 2.15. The summed E-state index contributed by atoms with van der Waals surface area (Å²) in [6.45, 7) is 0.548. The lowest BCUT2D eigenvalue weighted by molar-refractivity contribution is -0.141. The minimum atomic E-state index is -0.386. The number of rotatable bonds is 5. The molecule has 0 spiro atoms. The summed E-state index contributed by atoms with van der Waals surface area (Å²) in [7, 11) is 3.23. The lowest BCUT2D eigenvalue weighted by Crippen LogP contribution is -2.19.